The van der Waals surface area contributed by atoms with Crippen LogP contribution in [0.3, 0.4) is 0 Å². The van der Waals surface area contributed by atoms with E-state index in [0.717, 1.165) is 25.0 Å². The Balaban J connectivity index is 2.67. The summed E-state index contributed by atoms with van der Waals surface area (Å²) in [6.45, 7) is 4.17. The third-order valence-electron chi connectivity index (χ3n) is 2.79. The highest BCUT2D eigenvalue weighted by molar-refractivity contribution is 14.1. The summed E-state index contributed by atoms with van der Waals surface area (Å²) in [6.07, 6.45) is 0. The minimum atomic E-state index is 0.277. The Morgan fingerprint density at radius 1 is 1.30 bits per heavy atom. The topological polar surface area (TPSA) is 35.0 Å². The summed E-state index contributed by atoms with van der Waals surface area (Å²) in [6, 6.07) is 5.73. The van der Waals surface area contributed by atoms with Crippen LogP contribution in [0.15, 0.2) is 22.7 Å². The van der Waals surface area contributed by atoms with Crippen LogP contribution in [0.5, 0.6) is 5.75 Å². The third-order valence-corrected chi connectivity index (χ3v) is 4.93. The highest BCUT2D eigenvalue weighted by Crippen LogP contribution is 2.33. The molecule has 2 aromatic rings. The van der Waals surface area contributed by atoms with Gasteiger partial charge < -0.3 is 4.74 Å². The number of ether oxygens (including phenoxy) is 1. The van der Waals surface area contributed by atoms with Crippen LogP contribution in [-0.4, -0.2) is 17.1 Å². The molecule has 0 aliphatic heterocycles. The summed E-state index contributed by atoms with van der Waals surface area (Å²) in [7, 11) is 1.63. The molecule has 20 heavy (non-hydrogen) atoms. The summed E-state index contributed by atoms with van der Waals surface area (Å²) in [5.74, 6) is 1.58. The lowest BCUT2D eigenvalue weighted by Crippen LogP contribution is -2.03. The lowest BCUT2D eigenvalue weighted by Gasteiger charge is -2.13. The molecule has 0 bridgehead atoms. The van der Waals surface area contributed by atoms with Gasteiger partial charge in [0.1, 0.15) is 10.9 Å². The number of halogens is 3. The predicted molar refractivity (Wildman–Crippen MR) is 93.5 cm³/mol. The molecule has 0 radical (unpaired) electrons. The summed E-state index contributed by atoms with van der Waals surface area (Å²) in [5.41, 5.74) is 1.77. The zero-order valence-electron chi connectivity index (χ0n) is 11.2. The lowest BCUT2D eigenvalue weighted by molar-refractivity contribution is 0.416. The lowest BCUT2D eigenvalue weighted by atomic mass is 10.1. The van der Waals surface area contributed by atoms with Crippen molar-refractivity contribution in [2.45, 2.75) is 19.8 Å². The number of methoxy groups -OCH3 is 1. The van der Waals surface area contributed by atoms with Crippen molar-refractivity contribution in [2.75, 3.05) is 7.11 Å². The van der Waals surface area contributed by atoms with Gasteiger partial charge in [-0.3, -0.25) is 0 Å². The fourth-order valence-corrected chi connectivity index (χ4v) is 3.20. The average Bonchev–Trinajstić information content (AvgIpc) is 2.41. The van der Waals surface area contributed by atoms with Gasteiger partial charge in [0.05, 0.1) is 21.9 Å². The second-order valence-electron chi connectivity index (χ2n) is 4.54. The maximum Gasteiger partial charge on any atom is 0.164 e. The van der Waals surface area contributed by atoms with E-state index in [4.69, 9.17) is 16.3 Å². The number of rotatable bonds is 3. The van der Waals surface area contributed by atoms with E-state index >= 15 is 0 Å². The van der Waals surface area contributed by atoms with Crippen LogP contribution in [0.25, 0.3) is 11.4 Å². The van der Waals surface area contributed by atoms with Crippen molar-refractivity contribution in [1.29, 1.82) is 0 Å². The van der Waals surface area contributed by atoms with Crippen LogP contribution in [-0.2, 0) is 0 Å². The fourth-order valence-electron chi connectivity index (χ4n) is 1.79. The average molecular weight is 468 g/mol. The predicted octanol–water partition coefficient (Wildman–Crippen LogP) is 5.30. The first-order valence-corrected chi connectivity index (χ1v) is 8.25. The maximum atomic E-state index is 6.24. The Morgan fingerprint density at radius 2 is 2.00 bits per heavy atom. The first-order chi connectivity index (χ1) is 9.43. The number of aromatic nitrogens is 2. The monoisotopic (exact) mass is 466 g/mol. The van der Waals surface area contributed by atoms with Crippen LogP contribution < -0.4 is 4.74 Å². The van der Waals surface area contributed by atoms with Gasteiger partial charge in [-0.25, -0.2) is 9.97 Å². The van der Waals surface area contributed by atoms with Crippen molar-refractivity contribution in [3.63, 3.8) is 0 Å². The Morgan fingerprint density at radius 3 is 2.60 bits per heavy atom. The van der Waals surface area contributed by atoms with E-state index in [9.17, 15) is 0 Å². The minimum absolute atomic E-state index is 0.277. The van der Waals surface area contributed by atoms with Crippen molar-refractivity contribution in [1.82, 2.24) is 9.97 Å². The molecule has 0 aliphatic rings. The van der Waals surface area contributed by atoms with Gasteiger partial charge >= 0.3 is 0 Å². The molecular formula is C14H13BrClIN2O. The van der Waals surface area contributed by atoms with Gasteiger partial charge in [0.2, 0.25) is 0 Å². The van der Waals surface area contributed by atoms with Gasteiger partial charge in [-0.05, 0) is 46.7 Å². The maximum absolute atomic E-state index is 6.24. The van der Waals surface area contributed by atoms with E-state index in [1.807, 2.05) is 18.2 Å². The van der Waals surface area contributed by atoms with E-state index in [-0.39, 0.29) is 5.92 Å². The van der Waals surface area contributed by atoms with Crippen LogP contribution in [0.4, 0.5) is 0 Å². The largest absolute Gasteiger partial charge is 0.496 e. The number of benzene rings is 1. The third kappa shape index (κ3) is 3.26. The molecule has 1 heterocycles. The fraction of sp³-hybridized carbons (Fsp3) is 0.286. The zero-order chi connectivity index (χ0) is 14.9. The molecule has 0 aliphatic carbocycles. The molecule has 1 aromatic carbocycles. The van der Waals surface area contributed by atoms with E-state index in [2.05, 4.69) is 62.3 Å². The highest BCUT2D eigenvalue weighted by atomic mass is 127. The second kappa shape index (κ2) is 6.58. The van der Waals surface area contributed by atoms with Gasteiger partial charge in [0.25, 0.3) is 0 Å². The van der Waals surface area contributed by atoms with Gasteiger partial charge in [0.15, 0.2) is 5.82 Å². The molecule has 106 valence electrons. The Bertz CT molecular complexity index is 649. The SMILES string of the molecule is COc1ccc(Br)cc1-c1nc(Cl)c(I)c(C(C)C)n1. The molecule has 0 saturated heterocycles. The van der Waals surface area contributed by atoms with Crippen molar-refractivity contribution >= 4 is 50.1 Å². The van der Waals surface area contributed by atoms with Crippen LogP contribution in [0.2, 0.25) is 5.15 Å². The summed E-state index contributed by atoms with van der Waals surface area (Å²) < 4.78 is 7.22. The molecule has 0 unspecified atom stereocenters. The normalized spacial score (nSPS) is 10.9. The number of hydrogen-bond acceptors (Lipinski definition) is 3. The van der Waals surface area contributed by atoms with E-state index < -0.39 is 0 Å². The van der Waals surface area contributed by atoms with Crippen molar-refractivity contribution in [3.8, 4) is 17.1 Å². The van der Waals surface area contributed by atoms with Gasteiger partial charge in [-0.15, -0.1) is 0 Å². The van der Waals surface area contributed by atoms with Gasteiger partial charge in [0, 0.05) is 4.47 Å². The van der Waals surface area contributed by atoms with Crippen molar-refractivity contribution in [3.05, 3.63) is 37.1 Å². The van der Waals surface area contributed by atoms with Crippen molar-refractivity contribution in [2.24, 2.45) is 0 Å². The van der Waals surface area contributed by atoms with Crippen LogP contribution in [0, 0.1) is 3.57 Å². The van der Waals surface area contributed by atoms with E-state index in [0.29, 0.717) is 11.0 Å². The molecule has 0 saturated carbocycles. The quantitative estimate of drug-likeness (QED) is 0.454. The molecule has 6 heteroatoms. The summed E-state index contributed by atoms with van der Waals surface area (Å²) in [4.78, 5) is 9.03. The molecular weight excluding hydrogens is 454 g/mol. The first kappa shape index (κ1) is 16.0. The molecule has 3 nitrogen and oxygen atoms in total. The second-order valence-corrected chi connectivity index (χ2v) is 6.89. The molecule has 0 amide bonds. The van der Waals surface area contributed by atoms with Crippen LogP contribution in [0.1, 0.15) is 25.5 Å². The molecule has 0 fully saturated rings. The zero-order valence-corrected chi connectivity index (χ0v) is 15.7. The standard InChI is InChI=1S/C14H13BrClIN2O/c1-7(2)12-11(17)13(16)19-14(18-12)9-6-8(15)4-5-10(9)20-3/h4-7H,1-3H3. The van der Waals surface area contributed by atoms with Crippen LogP contribution >= 0.6 is 50.1 Å². The summed E-state index contributed by atoms with van der Waals surface area (Å²) in [5, 5.41) is 0.473. The van der Waals surface area contributed by atoms with Gasteiger partial charge in [-0.2, -0.15) is 0 Å². The van der Waals surface area contributed by atoms with Gasteiger partial charge in [-0.1, -0.05) is 41.4 Å². The molecule has 0 atom stereocenters. The Labute approximate surface area is 145 Å². The highest BCUT2D eigenvalue weighted by Gasteiger charge is 2.17. The summed E-state index contributed by atoms with van der Waals surface area (Å²) >= 11 is 11.9. The molecule has 0 N–H and O–H groups in total. The smallest absolute Gasteiger partial charge is 0.164 e. The van der Waals surface area contributed by atoms with Crippen molar-refractivity contribution < 1.29 is 4.74 Å². The molecule has 1 aromatic heterocycles. The minimum Gasteiger partial charge on any atom is -0.496 e. The first-order valence-electron chi connectivity index (χ1n) is 6.01. The van der Waals surface area contributed by atoms with E-state index in [1.165, 1.54) is 0 Å². The Hall–Kier alpha value is -0.400. The number of nitrogens with zero attached hydrogens (tertiary/aromatic N) is 2. The molecule has 0 spiro atoms. The Kier molecular flexibility index (Phi) is 5.25. The van der Waals surface area contributed by atoms with E-state index in [1.54, 1.807) is 7.11 Å². The number of hydrogen-bond donors (Lipinski definition) is 0. The molecule has 2 rings (SSSR count).